The van der Waals surface area contributed by atoms with E-state index in [1.165, 1.54) is 38.5 Å². The van der Waals surface area contributed by atoms with Crippen molar-refractivity contribution in [2.45, 2.75) is 83.6 Å². The van der Waals surface area contributed by atoms with Crippen LogP contribution in [-0.2, 0) is 4.79 Å². The summed E-state index contributed by atoms with van der Waals surface area (Å²) >= 11 is 0. The van der Waals surface area contributed by atoms with Gasteiger partial charge in [-0.05, 0) is 19.3 Å². The fourth-order valence-electron chi connectivity index (χ4n) is 2.17. The number of hydrogen-bond acceptors (Lipinski definition) is 3. The van der Waals surface area contributed by atoms with E-state index < -0.39 is 16.9 Å². The van der Waals surface area contributed by atoms with Crippen molar-refractivity contribution >= 4 is 5.97 Å². The lowest BCUT2D eigenvalue weighted by Gasteiger charge is -2.01. The summed E-state index contributed by atoms with van der Waals surface area (Å²) < 4.78 is 0. The first-order valence-corrected chi connectivity index (χ1v) is 8.56. The number of nitro groups is 1. The summed E-state index contributed by atoms with van der Waals surface area (Å²) in [6.07, 6.45) is 14.8. The van der Waals surface area contributed by atoms with Crippen LogP contribution in [0.2, 0.25) is 0 Å². The highest BCUT2D eigenvalue weighted by Gasteiger charge is 2.27. The summed E-state index contributed by atoms with van der Waals surface area (Å²) in [5.41, 5.74) is 0. The largest absolute Gasteiger partial charge is 0.476 e. The number of carboxylic acids is 1. The molecule has 23 heavy (non-hydrogen) atoms. The molecule has 0 bridgehead atoms. The second-order valence-electron chi connectivity index (χ2n) is 5.62. The molecule has 0 aliphatic carbocycles. The van der Waals surface area contributed by atoms with Crippen LogP contribution in [-0.4, -0.2) is 22.0 Å². The van der Waals surface area contributed by atoms with Gasteiger partial charge in [0.1, 0.15) is 0 Å². The number of carbonyl (C=O) groups is 1. The van der Waals surface area contributed by atoms with Gasteiger partial charge in [0, 0.05) is 24.2 Å². The summed E-state index contributed by atoms with van der Waals surface area (Å²) in [7, 11) is 0. The van der Waals surface area contributed by atoms with Crippen LogP contribution in [0.3, 0.4) is 0 Å². The second kappa shape index (κ2) is 15.1. The molecule has 1 atom stereocenters. The zero-order valence-corrected chi connectivity index (χ0v) is 14.1. The Bertz CT molecular complexity index is 406. The number of hydrogen-bond donors (Lipinski definition) is 1. The molecule has 0 aliphatic heterocycles. The number of nitrogens with zero attached hydrogens (tertiary/aromatic N) is 1. The molecule has 0 aliphatic rings. The van der Waals surface area contributed by atoms with Gasteiger partial charge in [-0.25, -0.2) is 4.79 Å². The Kier molecular flexibility index (Phi) is 13.9. The molecule has 0 amide bonds. The molecule has 0 aromatic carbocycles. The van der Waals surface area contributed by atoms with E-state index in [4.69, 9.17) is 5.11 Å². The molecule has 5 heteroatoms. The maximum absolute atomic E-state index is 10.6. The minimum Gasteiger partial charge on any atom is -0.476 e. The van der Waals surface area contributed by atoms with Crippen molar-refractivity contribution in [3.63, 3.8) is 0 Å². The standard InChI is InChI=1S/C18H29NO4/c1-2-3-4-5-6-7-8-9-10-11-12-13-14-15-16-17(18(20)21)19(22)23/h9-10,17H,2-8,11,14-16H2,1H3,(H,20,21). The lowest BCUT2D eigenvalue weighted by molar-refractivity contribution is -0.511. The minimum atomic E-state index is -1.51. The Morgan fingerprint density at radius 1 is 1.13 bits per heavy atom. The Labute approximate surface area is 139 Å². The number of rotatable bonds is 13. The Balaban J connectivity index is 3.56. The molecule has 130 valence electrons. The van der Waals surface area contributed by atoms with Crippen molar-refractivity contribution < 1.29 is 14.8 Å². The topological polar surface area (TPSA) is 80.4 Å². The van der Waals surface area contributed by atoms with Gasteiger partial charge in [0.25, 0.3) is 0 Å². The van der Waals surface area contributed by atoms with Crippen molar-refractivity contribution in [1.29, 1.82) is 0 Å². The number of carboxylic acid groups (broad SMARTS) is 1. The van der Waals surface area contributed by atoms with Gasteiger partial charge in [-0.15, -0.1) is 5.92 Å². The van der Waals surface area contributed by atoms with Gasteiger partial charge >= 0.3 is 12.0 Å². The predicted octanol–water partition coefficient (Wildman–Crippen LogP) is 4.59. The first-order chi connectivity index (χ1) is 11.1. The maximum Gasteiger partial charge on any atom is 0.379 e. The van der Waals surface area contributed by atoms with E-state index in [2.05, 4.69) is 30.9 Å². The summed E-state index contributed by atoms with van der Waals surface area (Å²) in [4.78, 5) is 20.4. The van der Waals surface area contributed by atoms with Crippen LogP contribution >= 0.6 is 0 Å². The molecule has 0 saturated heterocycles. The van der Waals surface area contributed by atoms with Gasteiger partial charge in [0.05, 0.1) is 0 Å². The molecule has 5 nitrogen and oxygen atoms in total. The third-order valence-electron chi connectivity index (χ3n) is 3.55. The van der Waals surface area contributed by atoms with Crippen molar-refractivity contribution in [3.8, 4) is 11.8 Å². The smallest absolute Gasteiger partial charge is 0.379 e. The monoisotopic (exact) mass is 323 g/mol. The van der Waals surface area contributed by atoms with Crippen LogP contribution < -0.4 is 0 Å². The SMILES string of the molecule is CCCCCCCCC=CCC#CCCCC(C(=O)O)[N+](=O)[O-]. The lowest BCUT2D eigenvalue weighted by atomic mass is 10.1. The fourth-order valence-corrected chi connectivity index (χ4v) is 2.17. The summed E-state index contributed by atoms with van der Waals surface area (Å²) in [5.74, 6) is 4.53. The summed E-state index contributed by atoms with van der Waals surface area (Å²) in [6.45, 7) is 2.22. The molecule has 0 radical (unpaired) electrons. The van der Waals surface area contributed by atoms with Gasteiger partial charge in [-0.3, -0.25) is 10.1 Å². The van der Waals surface area contributed by atoms with E-state index in [0.29, 0.717) is 19.3 Å². The second-order valence-corrected chi connectivity index (χ2v) is 5.62. The molecule has 1 N–H and O–H groups in total. The van der Waals surface area contributed by atoms with Gasteiger partial charge in [0.2, 0.25) is 0 Å². The molecular formula is C18H29NO4. The van der Waals surface area contributed by atoms with Gasteiger partial charge < -0.3 is 5.11 Å². The average molecular weight is 323 g/mol. The fraction of sp³-hybridized carbons (Fsp3) is 0.722. The summed E-state index contributed by atoms with van der Waals surface area (Å²) in [5, 5.41) is 19.1. The summed E-state index contributed by atoms with van der Waals surface area (Å²) in [6, 6.07) is -1.51. The third-order valence-corrected chi connectivity index (χ3v) is 3.55. The van der Waals surface area contributed by atoms with Gasteiger partial charge in [0.15, 0.2) is 0 Å². The quantitative estimate of drug-likeness (QED) is 0.177. The van der Waals surface area contributed by atoms with E-state index in [-0.39, 0.29) is 6.42 Å². The highest BCUT2D eigenvalue weighted by molar-refractivity contribution is 5.71. The molecule has 0 rings (SSSR count). The van der Waals surface area contributed by atoms with Crippen molar-refractivity contribution in [2.24, 2.45) is 0 Å². The van der Waals surface area contributed by atoms with E-state index in [1.54, 1.807) is 0 Å². The number of unbranched alkanes of at least 4 members (excludes halogenated alkanes) is 7. The van der Waals surface area contributed by atoms with E-state index >= 15 is 0 Å². The van der Waals surface area contributed by atoms with Crippen molar-refractivity contribution in [2.75, 3.05) is 0 Å². The molecule has 0 fully saturated rings. The molecule has 0 aromatic heterocycles. The Morgan fingerprint density at radius 2 is 1.83 bits per heavy atom. The molecule has 1 unspecified atom stereocenters. The van der Waals surface area contributed by atoms with Crippen LogP contribution in [0.25, 0.3) is 0 Å². The first-order valence-electron chi connectivity index (χ1n) is 8.56. The molecular weight excluding hydrogens is 294 g/mol. The zero-order valence-electron chi connectivity index (χ0n) is 14.1. The first kappa shape index (κ1) is 21.2. The molecule has 0 aromatic rings. The molecule has 0 saturated carbocycles. The Morgan fingerprint density at radius 3 is 2.48 bits per heavy atom. The normalized spacial score (nSPS) is 11.9. The number of allylic oxidation sites excluding steroid dienone is 2. The van der Waals surface area contributed by atoms with E-state index in [1.807, 2.05) is 0 Å². The lowest BCUT2D eigenvalue weighted by Crippen LogP contribution is -2.28. The van der Waals surface area contributed by atoms with Crippen LogP contribution in [0.15, 0.2) is 12.2 Å². The van der Waals surface area contributed by atoms with Crippen LogP contribution in [0.1, 0.15) is 77.6 Å². The number of aliphatic carboxylic acids is 1. The van der Waals surface area contributed by atoms with E-state index in [9.17, 15) is 14.9 Å². The van der Waals surface area contributed by atoms with E-state index in [0.717, 1.165) is 6.42 Å². The highest BCUT2D eigenvalue weighted by Crippen LogP contribution is 2.07. The molecule has 0 spiro atoms. The van der Waals surface area contributed by atoms with Gasteiger partial charge in [-0.1, -0.05) is 57.1 Å². The van der Waals surface area contributed by atoms with Crippen LogP contribution in [0, 0.1) is 22.0 Å². The van der Waals surface area contributed by atoms with Crippen molar-refractivity contribution in [1.82, 2.24) is 0 Å². The average Bonchev–Trinajstić information content (AvgIpc) is 2.50. The van der Waals surface area contributed by atoms with Crippen LogP contribution in [0.4, 0.5) is 0 Å². The van der Waals surface area contributed by atoms with Gasteiger partial charge in [-0.2, -0.15) is 0 Å². The predicted molar refractivity (Wildman–Crippen MR) is 91.8 cm³/mol. The minimum absolute atomic E-state index is 0.0326. The molecule has 0 heterocycles. The van der Waals surface area contributed by atoms with Crippen LogP contribution in [0.5, 0.6) is 0 Å². The Hall–Kier alpha value is -1.83. The third kappa shape index (κ3) is 13.5. The maximum atomic E-state index is 10.6. The highest BCUT2D eigenvalue weighted by atomic mass is 16.6. The zero-order chi connectivity index (χ0) is 17.3. The van der Waals surface area contributed by atoms with Crippen molar-refractivity contribution in [3.05, 3.63) is 22.3 Å².